The fraction of sp³-hybridized carbons (Fsp3) is 0.111. The van der Waals surface area contributed by atoms with Crippen LogP contribution < -0.4 is 0 Å². The van der Waals surface area contributed by atoms with Crippen molar-refractivity contribution in [2.45, 2.75) is 13.8 Å². The molecule has 0 aliphatic rings. The number of aryl methyl sites for hydroxylation is 2. The smallest absolute Gasteiger partial charge is 0.138 e. The molecule has 0 bridgehead atoms. The van der Waals surface area contributed by atoms with E-state index < -0.39 is 0 Å². The summed E-state index contributed by atoms with van der Waals surface area (Å²) in [6, 6.07) is 17.7. The maximum atomic E-state index is 4.64. The van der Waals surface area contributed by atoms with E-state index in [0.29, 0.717) is 0 Å². The van der Waals surface area contributed by atoms with Gasteiger partial charge in [-0.3, -0.25) is 0 Å². The third kappa shape index (κ3) is 2.87. The molecule has 0 aliphatic heterocycles. The minimum absolute atomic E-state index is 0.732. The number of halogens is 1. The van der Waals surface area contributed by atoms with E-state index in [9.17, 15) is 0 Å². The molecule has 0 spiro atoms. The molecular weight excluding hydrogens is 380 g/mol. The van der Waals surface area contributed by atoms with Crippen molar-refractivity contribution in [3.63, 3.8) is 0 Å². The van der Waals surface area contributed by atoms with Crippen LogP contribution in [-0.4, -0.2) is 30.0 Å². The topological polar surface area (TPSA) is 61.4 Å². The Kier molecular flexibility index (Phi) is 3.93. The number of hydrogen-bond acceptors (Lipinski definition) is 4. The van der Waals surface area contributed by atoms with E-state index >= 15 is 0 Å². The average Bonchev–Trinajstić information content (AvgIpc) is 3.19. The summed E-state index contributed by atoms with van der Waals surface area (Å²) in [7, 11) is 0. The molecule has 25 heavy (non-hydrogen) atoms. The van der Waals surface area contributed by atoms with E-state index in [4.69, 9.17) is 0 Å². The first kappa shape index (κ1) is 15.7. The largest absolute Gasteiger partial charge is 0.153 e. The molecule has 0 radical (unpaired) electrons. The van der Waals surface area contributed by atoms with E-state index in [1.807, 2.05) is 68.4 Å². The van der Waals surface area contributed by atoms with E-state index in [2.05, 4.69) is 36.3 Å². The molecule has 0 amide bonds. The Morgan fingerprint density at radius 2 is 1.24 bits per heavy atom. The first-order valence-electron chi connectivity index (χ1n) is 7.82. The van der Waals surface area contributed by atoms with Gasteiger partial charge in [0.25, 0.3) is 0 Å². The van der Waals surface area contributed by atoms with Gasteiger partial charge in [0.05, 0.1) is 22.8 Å². The fourth-order valence-corrected chi connectivity index (χ4v) is 3.04. The average molecular weight is 395 g/mol. The van der Waals surface area contributed by atoms with Crippen LogP contribution in [0.1, 0.15) is 11.4 Å². The zero-order valence-electron chi connectivity index (χ0n) is 13.8. The van der Waals surface area contributed by atoms with Gasteiger partial charge in [-0.15, -0.1) is 15.0 Å². The Morgan fingerprint density at radius 3 is 1.92 bits per heavy atom. The minimum Gasteiger partial charge on any atom is -0.153 e. The standard InChI is InChI=1S/C18H15BrN6/c1-12-17(22-24(20-12)14-8-4-3-5-9-14)18-13(2)21-25(23-18)16-11-7-6-10-15(16)19/h3-11H,1-2H3. The van der Waals surface area contributed by atoms with Crippen LogP contribution in [-0.2, 0) is 0 Å². The maximum Gasteiger partial charge on any atom is 0.138 e. The Balaban J connectivity index is 1.79. The van der Waals surface area contributed by atoms with Gasteiger partial charge in [0.15, 0.2) is 0 Å². The highest BCUT2D eigenvalue weighted by atomic mass is 79.9. The summed E-state index contributed by atoms with van der Waals surface area (Å²) in [4.78, 5) is 3.25. The third-order valence-electron chi connectivity index (χ3n) is 3.84. The monoisotopic (exact) mass is 394 g/mol. The van der Waals surface area contributed by atoms with Gasteiger partial charge in [-0.2, -0.15) is 15.0 Å². The van der Waals surface area contributed by atoms with Gasteiger partial charge in [0.1, 0.15) is 11.4 Å². The predicted octanol–water partition coefficient (Wildman–Crippen LogP) is 3.89. The first-order chi connectivity index (χ1) is 12.1. The number of rotatable bonds is 3. The van der Waals surface area contributed by atoms with E-state index in [1.54, 1.807) is 9.59 Å². The molecule has 0 saturated heterocycles. The van der Waals surface area contributed by atoms with Crippen molar-refractivity contribution in [2.24, 2.45) is 0 Å². The number of aromatic nitrogens is 6. The number of hydrogen-bond donors (Lipinski definition) is 0. The zero-order valence-corrected chi connectivity index (χ0v) is 15.3. The van der Waals surface area contributed by atoms with Crippen LogP contribution in [0, 0.1) is 13.8 Å². The van der Waals surface area contributed by atoms with Gasteiger partial charge in [0.2, 0.25) is 0 Å². The van der Waals surface area contributed by atoms with Crippen molar-refractivity contribution < 1.29 is 0 Å². The molecule has 2 heterocycles. The van der Waals surface area contributed by atoms with Gasteiger partial charge in [-0.1, -0.05) is 30.3 Å². The van der Waals surface area contributed by atoms with E-state index in [0.717, 1.165) is 38.6 Å². The summed E-state index contributed by atoms with van der Waals surface area (Å²) < 4.78 is 0.932. The molecule has 4 rings (SSSR count). The lowest BCUT2D eigenvalue weighted by atomic mass is 10.2. The summed E-state index contributed by atoms with van der Waals surface area (Å²) in [5, 5.41) is 18.3. The highest BCUT2D eigenvalue weighted by molar-refractivity contribution is 9.10. The van der Waals surface area contributed by atoms with Crippen molar-refractivity contribution in [3.8, 4) is 22.8 Å². The lowest BCUT2D eigenvalue weighted by Crippen LogP contribution is -2.00. The normalized spacial score (nSPS) is 11.0. The summed E-state index contributed by atoms with van der Waals surface area (Å²) in [6.07, 6.45) is 0. The molecule has 124 valence electrons. The number of para-hydroxylation sites is 2. The molecule has 2 aromatic heterocycles. The molecule has 4 aromatic rings. The van der Waals surface area contributed by atoms with Crippen LogP contribution in [0.4, 0.5) is 0 Å². The molecule has 2 aromatic carbocycles. The first-order valence-corrected chi connectivity index (χ1v) is 8.61. The Labute approximate surface area is 153 Å². The van der Waals surface area contributed by atoms with Crippen molar-refractivity contribution in [2.75, 3.05) is 0 Å². The number of benzene rings is 2. The number of nitrogens with zero attached hydrogens (tertiary/aromatic N) is 6. The predicted molar refractivity (Wildman–Crippen MR) is 98.9 cm³/mol. The molecule has 0 N–H and O–H groups in total. The Hall–Kier alpha value is -2.80. The second-order valence-electron chi connectivity index (χ2n) is 5.63. The van der Waals surface area contributed by atoms with Crippen molar-refractivity contribution in [3.05, 3.63) is 70.5 Å². The third-order valence-corrected chi connectivity index (χ3v) is 4.51. The van der Waals surface area contributed by atoms with Crippen LogP contribution in [0.15, 0.2) is 59.1 Å². The Morgan fingerprint density at radius 1 is 0.680 bits per heavy atom. The molecule has 0 fully saturated rings. The molecule has 6 nitrogen and oxygen atoms in total. The molecule has 0 aliphatic carbocycles. The van der Waals surface area contributed by atoms with Crippen LogP contribution in [0.25, 0.3) is 22.8 Å². The second-order valence-corrected chi connectivity index (χ2v) is 6.49. The van der Waals surface area contributed by atoms with Gasteiger partial charge < -0.3 is 0 Å². The van der Waals surface area contributed by atoms with Crippen LogP contribution in [0.2, 0.25) is 0 Å². The highest BCUT2D eigenvalue weighted by Gasteiger charge is 2.18. The summed E-state index contributed by atoms with van der Waals surface area (Å²) in [5.74, 6) is 0. The molecular formula is C18H15BrN6. The minimum atomic E-state index is 0.732. The van der Waals surface area contributed by atoms with Gasteiger partial charge in [-0.05, 0) is 54.0 Å². The summed E-state index contributed by atoms with van der Waals surface area (Å²) in [5.41, 5.74) is 4.87. The van der Waals surface area contributed by atoms with Crippen molar-refractivity contribution in [1.29, 1.82) is 0 Å². The Bertz CT molecular complexity index is 1030. The molecule has 0 unspecified atom stereocenters. The van der Waals surface area contributed by atoms with Gasteiger partial charge in [-0.25, -0.2) is 0 Å². The van der Waals surface area contributed by atoms with Crippen LogP contribution >= 0.6 is 15.9 Å². The van der Waals surface area contributed by atoms with Gasteiger partial charge in [0, 0.05) is 4.47 Å². The van der Waals surface area contributed by atoms with Crippen molar-refractivity contribution >= 4 is 15.9 Å². The van der Waals surface area contributed by atoms with Crippen LogP contribution in [0.5, 0.6) is 0 Å². The van der Waals surface area contributed by atoms with Gasteiger partial charge >= 0.3 is 0 Å². The molecule has 0 atom stereocenters. The lowest BCUT2D eigenvalue weighted by Gasteiger charge is -2.01. The van der Waals surface area contributed by atoms with E-state index in [1.165, 1.54) is 0 Å². The molecule has 0 saturated carbocycles. The second kappa shape index (κ2) is 6.25. The SMILES string of the molecule is Cc1nn(-c2ccccc2)nc1-c1nn(-c2ccccc2Br)nc1C. The highest BCUT2D eigenvalue weighted by Crippen LogP contribution is 2.25. The summed E-state index contributed by atoms with van der Waals surface area (Å²) >= 11 is 3.54. The van der Waals surface area contributed by atoms with Crippen molar-refractivity contribution in [1.82, 2.24) is 30.0 Å². The molecule has 7 heteroatoms. The lowest BCUT2D eigenvalue weighted by molar-refractivity contribution is 0.739. The fourth-order valence-electron chi connectivity index (χ4n) is 2.59. The maximum absolute atomic E-state index is 4.64. The van der Waals surface area contributed by atoms with Crippen LogP contribution in [0.3, 0.4) is 0 Å². The summed E-state index contributed by atoms with van der Waals surface area (Å²) in [6.45, 7) is 3.86. The quantitative estimate of drug-likeness (QED) is 0.528. The zero-order chi connectivity index (χ0) is 17.4. The van der Waals surface area contributed by atoms with E-state index in [-0.39, 0.29) is 0 Å².